The van der Waals surface area contributed by atoms with Crippen LogP contribution < -0.4 is 4.90 Å². The normalized spacial score (nSPS) is 28.4. The van der Waals surface area contributed by atoms with Gasteiger partial charge in [-0.3, -0.25) is 0 Å². The Morgan fingerprint density at radius 1 is 1.30 bits per heavy atom. The average Bonchev–Trinajstić information content (AvgIpc) is 2.54. The molecule has 0 saturated carbocycles. The Morgan fingerprint density at radius 2 is 2.22 bits per heavy atom. The molecule has 2 atom stereocenters. The fourth-order valence-electron chi connectivity index (χ4n) is 3.93. The Labute approximate surface area is 136 Å². The maximum Gasteiger partial charge on any atom is 0.140 e. The van der Waals surface area contributed by atoms with Crippen molar-refractivity contribution in [3.05, 3.63) is 30.1 Å². The molecule has 2 aromatic rings. The molecule has 1 aromatic carbocycles. The van der Waals surface area contributed by atoms with Gasteiger partial charge in [0.05, 0.1) is 24.8 Å². The number of fused-ring (bicyclic) bond motifs is 1. The summed E-state index contributed by atoms with van der Waals surface area (Å²) in [6, 6.07) is 6.22. The Bertz CT molecular complexity index is 707. The molecule has 5 nitrogen and oxygen atoms in total. The second-order valence-corrected chi connectivity index (χ2v) is 6.81. The van der Waals surface area contributed by atoms with Crippen LogP contribution in [-0.2, 0) is 9.47 Å². The number of ether oxygens (including phenoxy) is 2. The van der Waals surface area contributed by atoms with Gasteiger partial charge in [-0.25, -0.2) is 9.97 Å². The number of aryl methyl sites for hydroxylation is 1. The maximum absolute atomic E-state index is 6.30. The van der Waals surface area contributed by atoms with Gasteiger partial charge in [-0.2, -0.15) is 0 Å². The number of anilines is 1. The van der Waals surface area contributed by atoms with Crippen LogP contribution in [0.4, 0.5) is 5.82 Å². The minimum Gasteiger partial charge on any atom is -0.378 e. The summed E-state index contributed by atoms with van der Waals surface area (Å²) in [5.41, 5.74) is 2.02. The van der Waals surface area contributed by atoms with E-state index in [4.69, 9.17) is 9.47 Å². The van der Waals surface area contributed by atoms with Gasteiger partial charge in [-0.05, 0) is 38.3 Å². The first-order valence-electron chi connectivity index (χ1n) is 8.38. The van der Waals surface area contributed by atoms with Crippen molar-refractivity contribution in [1.82, 2.24) is 9.97 Å². The molecule has 1 spiro atoms. The highest BCUT2D eigenvalue weighted by molar-refractivity contribution is 5.92. The summed E-state index contributed by atoms with van der Waals surface area (Å²) in [7, 11) is 0. The molecule has 3 heterocycles. The molecule has 4 rings (SSSR count). The van der Waals surface area contributed by atoms with Gasteiger partial charge in [0.25, 0.3) is 0 Å². The molecule has 1 aromatic heterocycles. The molecule has 0 amide bonds. The summed E-state index contributed by atoms with van der Waals surface area (Å²) in [6.45, 7) is 7.46. The molecule has 0 N–H and O–H groups in total. The quantitative estimate of drug-likeness (QED) is 0.810. The van der Waals surface area contributed by atoms with Crippen LogP contribution in [0.3, 0.4) is 0 Å². The number of hydrogen-bond acceptors (Lipinski definition) is 5. The molecular weight excluding hydrogens is 290 g/mol. The van der Waals surface area contributed by atoms with Crippen LogP contribution >= 0.6 is 0 Å². The first kappa shape index (κ1) is 14.8. The summed E-state index contributed by atoms with van der Waals surface area (Å²) in [6.07, 6.45) is 3.95. The number of hydrogen-bond donors (Lipinski definition) is 0. The van der Waals surface area contributed by atoms with Gasteiger partial charge in [0.2, 0.25) is 0 Å². The topological polar surface area (TPSA) is 47.5 Å². The van der Waals surface area contributed by atoms with Gasteiger partial charge in [0, 0.05) is 18.5 Å². The highest BCUT2D eigenvalue weighted by Gasteiger charge is 2.42. The fraction of sp³-hybridized carbons (Fsp3) is 0.556. The second-order valence-electron chi connectivity index (χ2n) is 6.81. The van der Waals surface area contributed by atoms with E-state index in [9.17, 15) is 0 Å². The third-order valence-corrected chi connectivity index (χ3v) is 4.84. The molecular formula is C18H23N3O2. The summed E-state index contributed by atoms with van der Waals surface area (Å²) in [4.78, 5) is 11.4. The maximum atomic E-state index is 6.30. The van der Waals surface area contributed by atoms with Crippen LogP contribution in [0.2, 0.25) is 0 Å². The van der Waals surface area contributed by atoms with Crippen LogP contribution in [0.25, 0.3) is 10.9 Å². The fourth-order valence-corrected chi connectivity index (χ4v) is 3.93. The number of benzene rings is 1. The lowest BCUT2D eigenvalue weighted by Gasteiger charge is -2.47. The predicted molar refractivity (Wildman–Crippen MR) is 89.8 cm³/mol. The molecule has 2 fully saturated rings. The van der Waals surface area contributed by atoms with Gasteiger partial charge >= 0.3 is 0 Å². The molecule has 0 radical (unpaired) electrons. The largest absolute Gasteiger partial charge is 0.378 e. The zero-order chi connectivity index (χ0) is 15.9. The van der Waals surface area contributed by atoms with Gasteiger partial charge in [-0.15, -0.1) is 0 Å². The van der Waals surface area contributed by atoms with E-state index in [1.165, 1.54) is 5.56 Å². The van der Waals surface area contributed by atoms with Crippen LogP contribution in [-0.4, -0.2) is 48.0 Å². The van der Waals surface area contributed by atoms with Crippen molar-refractivity contribution in [1.29, 1.82) is 0 Å². The summed E-state index contributed by atoms with van der Waals surface area (Å²) < 4.78 is 12.0. The molecule has 2 saturated heterocycles. The summed E-state index contributed by atoms with van der Waals surface area (Å²) >= 11 is 0. The number of rotatable bonds is 1. The van der Waals surface area contributed by atoms with Crippen molar-refractivity contribution in [2.75, 3.05) is 31.2 Å². The van der Waals surface area contributed by atoms with E-state index in [0.29, 0.717) is 6.61 Å². The smallest absolute Gasteiger partial charge is 0.140 e. The predicted octanol–water partition coefficient (Wildman–Crippen LogP) is 2.71. The highest BCUT2D eigenvalue weighted by atomic mass is 16.6. The van der Waals surface area contributed by atoms with Crippen molar-refractivity contribution >= 4 is 16.7 Å². The molecule has 0 aliphatic carbocycles. The SMILES string of the molecule is Cc1cccc2ncnc(N3C[C@@H](C)O[C@@]4(CCCOC4)C3)c12. The van der Waals surface area contributed by atoms with Crippen molar-refractivity contribution < 1.29 is 9.47 Å². The van der Waals surface area contributed by atoms with Gasteiger partial charge in [0.1, 0.15) is 17.7 Å². The number of aromatic nitrogens is 2. The minimum atomic E-state index is -0.199. The van der Waals surface area contributed by atoms with Crippen molar-refractivity contribution in [2.45, 2.75) is 38.4 Å². The zero-order valence-corrected chi connectivity index (χ0v) is 13.8. The standard InChI is InChI=1S/C18H23N3O2/c1-13-5-3-6-15-16(13)17(20-12-19-15)21-9-14(2)23-18(10-21)7-4-8-22-11-18/h3,5-6,12,14H,4,7-11H2,1-2H3/t14-,18+/m1/s1. The van der Waals surface area contributed by atoms with Crippen molar-refractivity contribution in [3.8, 4) is 0 Å². The summed E-state index contributed by atoms with van der Waals surface area (Å²) in [5.74, 6) is 1.02. The lowest BCUT2D eigenvalue weighted by Crippen LogP contribution is -2.59. The molecule has 2 aliphatic rings. The Balaban J connectivity index is 1.75. The van der Waals surface area contributed by atoms with Gasteiger partial charge in [-0.1, -0.05) is 12.1 Å². The van der Waals surface area contributed by atoms with Gasteiger partial charge in [0.15, 0.2) is 0 Å². The third-order valence-electron chi connectivity index (χ3n) is 4.84. The second kappa shape index (κ2) is 5.73. The lowest BCUT2D eigenvalue weighted by atomic mass is 9.93. The van der Waals surface area contributed by atoms with Crippen LogP contribution in [0.15, 0.2) is 24.5 Å². The minimum absolute atomic E-state index is 0.166. The van der Waals surface area contributed by atoms with E-state index in [2.05, 4.69) is 40.8 Å². The van der Waals surface area contributed by atoms with Crippen molar-refractivity contribution in [2.24, 2.45) is 0 Å². The van der Waals surface area contributed by atoms with E-state index >= 15 is 0 Å². The van der Waals surface area contributed by atoms with Crippen LogP contribution in [0, 0.1) is 6.92 Å². The molecule has 5 heteroatoms. The molecule has 23 heavy (non-hydrogen) atoms. The number of nitrogens with zero attached hydrogens (tertiary/aromatic N) is 3. The van der Waals surface area contributed by atoms with Crippen LogP contribution in [0.1, 0.15) is 25.3 Å². The molecule has 0 bridgehead atoms. The molecule has 122 valence electrons. The van der Waals surface area contributed by atoms with E-state index in [-0.39, 0.29) is 11.7 Å². The highest BCUT2D eigenvalue weighted by Crippen LogP contribution is 2.34. The third kappa shape index (κ3) is 2.68. The molecule has 2 aliphatic heterocycles. The monoisotopic (exact) mass is 313 g/mol. The lowest BCUT2D eigenvalue weighted by molar-refractivity contribution is -0.160. The van der Waals surface area contributed by atoms with E-state index in [1.807, 2.05) is 6.07 Å². The Morgan fingerprint density at radius 3 is 3.04 bits per heavy atom. The number of morpholine rings is 1. The molecule has 0 unspecified atom stereocenters. The van der Waals surface area contributed by atoms with E-state index in [1.54, 1.807) is 6.33 Å². The van der Waals surface area contributed by atoms with E-state index in [0.717, 1.165) is 49.3 Å². The average molecular weight is 313 g/mol. The van der Waals surface area contributed by atoms with Crippen molar-refractivity contribution in [3.63, 3.8) is 0 Å². The zero-order valence-electron chi connectivity index (χ0n) is 13.8. The summed E-state index contributed by atoms with van der Waals surface area (Å²) in [5, 5.41) is 1.15. The van der Waals surface area contributed by atoms with Crippen LogP contribution in [0.5, 0.6) is 0 Å². The van der Waals surface area contributed by atoms with Gasteiger partial charge < -0.3 is 14.4 Å². The Hall–Kier alpha value is -1.72. The first-order chi connectivity index (χ1) is 11.2. The first-order valence-corrected chi connectivity index (χ1v) is 8.38. The Kier molecular flexibility index (Phi) is 3.70. The van der Waals surface area contributed by atoms with E-state index < -0.39 is 0 Å².